The molecule has 1 aliphatic carbocycles. The smallest absolute Gasteiger partial charge is 0.228 e. The van der Waals surface area contributed by atoms with Crippen LogP contribution in [0.15, 0.2) is 24.3 Å². The Kier molecular flexibility index (Phi) is 8.29. The molecule has 6 heteroatoms. The second kappa shape index (κ2) is 10.7. The summed E-state index contributed by atoms with van der Waals surface area (Å²) in [6.07, 6.45) is 9.28. The molecule has 0 atom stereocenters. The first-order chi connectivity index (χ1) is 14.1. The van der Waals surface area contributed by atoms with Crippen LogP contribution in [0.1, 0.15) is 58.3 Å². The molecular formula is C24H37ClN2O3. The molecule has 4 rings (SSSR count). The summed E-state index contributed by atoms with van der Waals surface area (Å²) in [6, 6.07) is 8.01. The Labute approximate surface area is 187 Å². The van der Waals surface area contributed by atoms with Gasteiger partial charge in [-0.25, -0.2) is 0 Å². The first kappa shape index (κ1) is 23.2. The first-order valence-electron chi connectivity index (χ1n) is 11.5. The fourth-order valence-corrected chi connectivity index (χ4v) is 4.43. The van der Waals surface area contributed by atoms with Crippen LogP contribution < -0.4 is 9.47 Å². The van der Waals surface area contributed by atoms with Crippen LogP contribution in [0.4, 0.5) is 0 Å². The molecule has 1 amide bonds. The van der Waals surface area contributed by atoms with Gasteiger partial charge in [0.15, 0.2) is 0 Å². The quantitative estimate of drug-likeness (QED) is 0.561. The third-order valence-electron chi connectivity index (χ3n) is 6.71. The zero-order chi connectivity index (χ0) is 20.1. The number of ether oxygens (including phenoxy) is 2. The summed E-state index contributed by atoms with van der Waals surface area (Å²) in [4.78, 5) is 17.0. The van der Waals surface area contributed by atoms with Crippen LogP contribution in [-0.4, -0.2) is 61.1 Å². The zero-order valence-corrected chi connectivity index (χ0v) is 19.1. The van der Waals surface area contributed by atoms with Gasteiger partial charge in [0, 0.05) is 37.9 Å². The average molecular weight is 437 g/mol. The van der Waals surface area contributed by atoms with Crippen LogP contribution in [-0.2, 0) is 4.79 Å². The number of halogens is 1. The van der Waals surface area contributed by atoms with Crippen molar-refractivity contribution in [2.24, 2.45) is 5.41 Å². The van der Waals surface area contributed by atoms with Crippen molar-refractivity contribution in [2.45, 2.75) is 64.4 Å². The number of hydrogen-bond acceptors (Lipinski definition) is 4. The number of hydrogen-bond donors (Lipinski definition) is 0. The van der Waals surface area contributed by atoms with Gasteiger partial charge in [-0.15, -0.1) is 12.4 Å². The number of amides is 1. The van der Waals surface area contributed by atoms with Gasteiger partial charge in [-0.05, 0) is 69.5 Å². The molecule has 2 aliphatic heterocycles. The molecule has 0 aromatic heterocycles. The minimum absolute atomic E-state index is 0. The van der Waals surface area contributed by atoms with E-state index < -0.39 is 0 Å². The van der Waals surface area contributed by atoms with Crippen molar-refractivity contribution < 1.29 is 14.3 Å². The molecule has 1 aromatic rings. The fraction of sp³-hybridized carbons (Fsp3) is 0.708. The Morgan fingerprint density at radius 2 is 1.63 bits per heavy atom. The second-order valence-corrected chi connectivity index (χ2v) is 9.25. The van der Waals surface area contributed by atoms with Gasteiger partial charge in [0.25, 0.3) is 0 Å². The Morgan fingerprint density at radius 3 is 2.27 bits per heavy atom. The molecule has 1 aromatic carbocycles. The molecule has 2 heterocycles. The normalized spacial score (nSPS) is 21.6. The molecule has 30 heavy (non-hydrogen) atoms. The van der Waals surface area contributed by atoms with Crippen molar-refractivity contribution in [3.8, 4) is 11.5 Å². The number of piperidine rings is 2. The van der Waals surface area contributed by atoms with E-state index in [9.17, 15) is 4.79 Å². The summed E-state index contributed by atoms with van der Waals surface area (Å²) in [5.74, 6) is 2.15. The predicted molar refractivity (Wildman–Crippen MR) is 122 cm³/mol. The standard InChI is InChI=1S/C24H36N2O3.ClH/c1-24(12-13-24)23(27)26-17-10-22(11-18-26)29-21-8-6-20(7-9-21)28-19-5-16-25-14-3-2-4-15-25;/h6-9,22H,2-5,10-19H2,1H3;1H. The summed E-state index contributed by atoms with van der Waals surface area (Å²) >= 11 is 0. The average Bonchev–Trinajstić information content (AvgIpc) is 3.52. The summed E-state index contributed by atoms with van der Waals surface area (Å²) < 4.78 is 12.0. The van der Waals surface area contributed by atoms with Crippen molar-refractivity contribution in [1.82, 2.24) is 9.80 Å². The number of benzene rings is 1. The van der Waals surface area contributed by atoms with Gasteiger partial charge in [-0.2, -0.15) is 0 Å². The number of carbonyl (C=O) groups is 1. The van der Waals surface area contributed by atoms with E-state index in [-0.39, 0.29) is 23.9 Å². The Morgan fingerprint density at radius 1 is 1.00 bits per heavy atom. The number of rotatable bonds is 8. The molecule has 0 unspecified atom stereocenters. The van der Waals surface area contributed by atoms with E-state index in [0.717, 1.165) is 69.8 Å². The fourth-order valence-electron chi connectivity index (χ4n) is 4.43. The topological polar surface area (TPSA) is 42.0 Å². The molecule has 0 N–H and O–H groups in total. The highest BCUT2D eigenvalue weighted by Crippen LogP contribution is 2.46. The van der Waals surface area contributed by atoms with Crippen LogP contribution in [0.5, 0.6) is 11.5 Å². The maximum atomic E-state index is 12.5. The predicted octanol–water partition coefficient (Wildman–Crippen LogP) is 4.53. The highest BCUT2D eigenvalue weighted by Gasteiger charge is 2.47. The third kappa shape index (κ3) is 6.27. The van der Waals surface area contributed by atoms with Gasteiger partial charge in [0.2, 0.25) is 5.91 Å². The van der Waals surface area contributed by atoms with Gasteiger partial charge in [0.1, 0.15) is 17.6 Å². The Hall–Kier alpha value is -1.46. The lowest BCUT2D eigenvalue weighted by Crippen LogP contribution is -2.44. The van der Waals surface area contributed by atoms with Crippen molar-refractivity contribution >= 4 is 18.3 Å². The van der Waals surface area contributed by atoms with Crippen molar-refractivity contribution in [3.05, 3.63) is 24.3 Å². The minimum atomic E-state index is -0.0582. The lowest BCUT2D eigenvalue weighted by Gasteiger charge is -2.33. The monoisotopic (exact) mass is 436 g/mol. The molecule has 3 fully saturated rings. The molecule has 1 saturated carbocycles. The highest BCUT2D eigenvalue weighted by atomic mass is 35.5. The van der Waals surface area contributed by atoms with E-state index in [4.69, 9.17) is 9.47 Å². The molecule has 0 bridgehead atoms. The van der Waals surface area contributed by atoms with Crippen molar-refractivity contribution in [3.63, 3.8) is 0 Å². The van der Waals surface area contributed by atoms with Crippen LogP contribution in [0.3, 0.4) is 0 Å². The van der Waals surface area contributed by atoms with Gasteiger partial charge in [-0.3, -0.25) is 4.79 Å². The Bertz CT molecular complexity index is 664. The van der Waals surface area contributed by atoms with E-state index in [0.29, 0.717) is 5.91 Å². The van der Waals surface area contributed by atoms with Gasteiger partial charge in [0.05, 0.1) is 6.61 Å². The maximum Gasteiger partial charge on any atom is 0.228 e. The summed E-state index contributed by atoms with van der Waals surface area (Å²) in [5.41, 5.74) is -0.0582. The zero-order valence-electron chi connectivity index (χ0n) is 18.3. The van der Waals surface area contributed by atoms with Crippen LogP contribution >= 0.6 is 12.4 Å². The van der Waals surface area contributed by atoms with Gasteiger partial charge in [-0.1, -0.05) is 13.3 Å². The number of nitrogens with zero attached hydrogens (tertiary/aromatic N) is 2. The first-order valence-corrected chi connectivity index (χ1v) is 11.5. The molecular weight excluding hydrogens is 400 g/mol. The lowest BCUT2D eigenvalue weighted by atomic mass is 10.0. The Balaban J connectivity index is 0.00000256. The highest BCUT2D eigenvalue weighted by molar-refractivity contribution is 5.85. The maximum absolute atomic E-state index is 12.5. The number of carbonyl (C=O) groups excluding carboxylic acids is 1. The van der Waals surface area contributed by atoms with Crippen molar-refractivity contribution in [1.29, 1.82) is 0 Å². The van der Waals surface area contributed by atoms with Crippen LogP contribution in [0.25, 0.3) is 0 Å². The van der Waals surface area contributed by atoms with E-state index in [2.05, 4.69) is 11.8 Å². The minimum Gasteiger partial charge on any atom is -0.494 e. The molecule has 5 nitrogen and oxygen atoms in total. The van der Waals surface area contributed by atoms with E-state index >= 15 is 0 Å². The largest absolute Gasteiger partial charge is 0.494 e. The molecule has 2 saturated heterocycles. The summed E-state index contributed by atoms with van der Waals surface area (Å²) in [6.45, 7) is 8.13. The van der Waals surface area contributed by atoms with Gasteiger partial charge < -0.3 is 19.3 Å². The van der Waals surface area contributed by atoms with E-state index in [1.165, 1.54) is 32.4 Å². The molecule has 0 spiro atoms. The second-order valence-electron chi connectivity index (χ2n) is 9.25. The molecule has 168 valence electrons. The van der Waals surface area contributed by atoms with Crippen LogP contribution in [0, 0.1) is 5.41 Å². The summed E-state index contributed by atoms with van der Waals surface area (Å²) in [7, 11) is 0. The van der Waals surface area contributed by atoms with Crippen molar-refractivity contribution in [2.75, 3.05) is 39.3 Å². The van der Waals surface area contributed by atoms with E-state index in [1.807, 2.05) is 29.2 Å². The molecule has 0 radical (unpaired) electrons. The van der Waals surface area contributed by atoms with Crippen LogP contribution in [0.2, 0.25) is 0 Å². The number of likely N-dealkylation sites (tertiary alicyclic amines) is 2. The van der Waals surface area contributed by atoms with E-state index in [1.54, 1.807) is 0 Å². The molecule has 3 aliphatic rings. The van der Waals surface area contributed by atoms with Gasteiger partial charge >= 0.3 is 0 Å². The third-order valence-corrected chi connectivity index (χ3v) is 6.71. The lowest BCUT2D eigenvalue weighted by molar-refractivity contribution is -0.138. The summed E-state index contributed by atoms with van der Waals surface area (Å²) in [5, 5.41) is 0. The SMILES string of the molecule is CC1(C(=O)N2CCC(Oc3ccc(OCCCN4CCCCC4)cc3)CC2)CC1.Cl.